The summed E-state index contributed by atoms with van der Waals surface area (Å²) >= 11 is 3.25. The Morgan fingerprint density at radius 1 is 0.455 bits per heavy atom. The summed E-state index contributed by atoms with van der Waals surface area (Å²) < 4.78 is 1.64. The van der Waals surface area contributed by atoms with E-state index in [0.29, 0.717) is 0 Å². The second kappa shape index (κ2) is 12.9. The molecule has 2 spiro atoms. The number of fused-ring (bicyclic) bond motifs is 6. The van der Waals surface area contributed by atoms with Crippen LogP contribution in [0.15, 0.2) is 12.1 Å². The van der Waals surface area contributed by atoms with Crippen LogP contribution < -0.4 is 24.8 Å². The number of nitrogens with zero attached hydrogens (tertiary/aromatic N) is 4. The predicted molar refractivity (Wildman–Crippen MR) is 167 cm³/mol. The van der Waals surface area contributed by atoms with Crippen molar-refractivity contribution in [2.45, 2.75) is 164 Å². The quantitative estimate of drug-likeness (QED) is 0.430. The van der Waals surface area contributed by atoms with Gasteiger partial charge in [0, 0.05) is 0 Å². The van der Waals surface area contributed by atoms with Gasteiger partial charge in [-0.1, -0.05) is 0 Å². The van der Waals surface area contributed by atoms with Gasteiger partial charge in [0.1, 0.15) is 0 Å². The number of rotatable bonds is 4. The van der Waals surface area contributed by atoms with Gasteiger partial charge in [-0.3, -0.25) is 0 Å². The van der Waals surface area contributed by atoms with E-state index in [1.165, 1.54) is 155 Å². The van der Waals surface area contributed by atoms with Crippen LogP contribution in [0.2, 0.25) is 0 Å². The molecule has 2 aliphatic heterocycles. The minimum absolute atomic E-state index is 0. The van der Waals surface area contributed by atoms with Gasteiger partial charge in [-0.15, -0.1) is 0 Å². The summed E-state index contributed by atoms with van der Waals surface area (Å²) in [7, 11) is 0. The van der Waals surface area contributed by atoms with Crippen LogP contribution in [0.5, 0.6) is 0 Å². The summed E-state index contributed by atoms with van der Waals surface area (Å²) in [6.07, 6.45) is 28.6. The molecule has 0 N–H and O–H groups in total. The van der Waals surface area contributed by atoms with Crippen LogP contribution in [-0.4, -0.2) is 74.1 Å². The molecular weight excluding hydrogens is 672 g/mol. The molecule has 2 saturated heterocycles. The SMILES string of the molecule is [Cl-].[Cl-].[Ru+2]=[C]1c2ccc3c(c2C12N(C1CCCCC1)CCN2C1CCCCC1)C31N(C2CCCCC2)CCN1C1CCCCC1. The second-order valence-corrected chi connectivity index (χ2v) is 16.4. The van der Waals surface area contributed by atoms with E-state index >= 15 is 0 Å². The van der Waals surface area contributed by atoms with E-state index in [1.54, 1.807) is 20.8 Å². The van der Waals surface area contributed by atoms with Crippen LogP contribution in [0.4, 0.5) is 0 Å². The fourth-order valence-corrected chi connectivity index (χ4v) is 12.9. The Morgan fingerprint density at radius 3 is 1.16 bits per heavy atom. The van der Waals surface area contributed by atoms with E-state index in [2.05, 4.69) is 49.6 Å². The van der Waals surface area contributed by atoms with E-state index in [0.717, 1.165) is 24.2 Å². The summed E-state index contributed by atoms with van der Waals surface area (Å²) in [6, 6.07) is 8.29. The third kappa shape index (κ3) is 4.55. The zero-order chi connectivity index (χ0) is 27.9. The van der Waals surface area contributed by atoms with Crippen LogP contribution in [-0.2, 0) is 29.2 Å². The van der Waals surface area contributed by atoms with E-state index < -0.39 is 0 Å². The van der Waals surface area contributed by atoms with E-state index in [-0.39, 0.29) is 36.1 Å². The van der Waals surface area contributed by atoms with Crippen molar-refractivity contribution >= 4 is 4.11 Å². The molecule has 0 radical (unpaired) electrons. The molecule has 8 aliphatic rings. The van der Waals surface area contributed by atoms with Crippen LogP contribution in [0.1, 0.15) is 151 Å². The molecule has 2 heterocycles. The first kappa shape index (κ1) is 32.7. The van der Waals surface area contributed by atoms with Gasteiger partial charge in [-0.2, -0.15) is 0 Å². The number of hydrogen-bond acceptors (Lipinski definition) is 4. The molecule has 0 amide bonds. The molecule has 0 atom stereocenters. The van der Waals surface area contributed by atoms with Crippen molar-refractivity contribution in [2.75, 3.05) is 26.2 Å². The molecule has 1 aromatic carbocycles. The molecule has 4 saturated carbocycles. The van der Waals surface area contributed by atoms with Crippen LogP contribution >= 0.6 is 0 Å². The molecule has 6 fully saturated rings. The van der Waals surface area contributed by atoms with Crippen LogP contribution in [0, 0.1) is 0 Å². The zero-order valence-corrected chi connectivity index (χ0v) is 30.1. The summed E-state index contributed by atoms with van der Waals surface area (Å²) in [5.41, 5.74) is 7.11. The van der Waals surface area contributed by atoms with E-state index in [4.69, 9.17) is 0 Å². The molecule has 0 unspecified atom stereocenters. The normalized spacial score (nSPS) is 30.1. The Labute approximate surface area is 289 Å². The van der Waals surface area contributed by atoms with Crippen LogP contribution in [0.3, 0.4) is 0 Å². The van der Waals surface area contributed by atoms with E-state index in [9.17, 15) is 0 Å². The summed E-state index contributed by atoms with van der Waals surface area (Å²) in [6.45, 7) is 5.12. The molecule has 44 heavy (non-hydrogen) atoms. The fourth-order valence-electron chi connectivity index (χ4n) is 11.8. The minimum atomic E-state index is 0. The first-order chi connectivity index (χ1) is 20.8. The Kier molecular flexibility index (Phi) is 9.56. The molecule has 0 aromatic heterocycles. The number of halogens is 2. The Bertz CT molecular complexity index is 1160. The summed E-state index contributed by atoms with van der Waals surface area (Å²) in [5, 5.41) is 0. The summed E-state index contributed by atoms with van der Waals surface area (Å²) in [4.78, 5) is 12.4. The second-order valence-electron chi connectivity index (χ2n) is 15.5. The van der Waals surface area contributed by atoms with Crippen molar-refractivity contribution in [1.82, 2.24) is 19.6 Å². The van der Waals surface area contributed by atoms with Gasteiger partial charge in [0.15, 0.2) is 0 Å². The van der Waals surface area contributed by atoms with Gasteiger partial charge in [0.2, 0.25) is 0 Å². The topological polar surface area (TPSA) is 13.0 Å². The van der Waals surface area contributed by atoms with Crippen LogP contribution in [0.25, 0.3) is 0 Å². The fraction of sp³-hybridized carbons (Fsp3) is 0.811. The third-order valence-corrected chi connectivity index (χ3v) is 14.7. The Balaban J connectivity index is 0.00000156. The van der Waals surface area contributed by atoms with Gasteiger partial charge in [0.25, 0.3) is 0 Å². The third-order valence-electron chi connectivity index (χ3n) is 13.6. The first-order valence-electron chi connectivity index (χ1n) is 18.5. The van der Waals surface area contributed by atoms with E-state index in [1.807, 2.05) is 5.56 Å². The van der Waals surface area contributed by atoms with Gasteiger partial charge in [0.05, 0.1) is 0 Å². The molecule has 1 aromatic rings. The van der Waals surface area contributed by atoms with Gasteiger partial charge in [-0.05, 0) is 0 Å². The van der Waals surface area contributed by atoms with Gasteiger partial charge in [-0.25, -0.2) is 0 Å². The zero-order valence-electron chi connectivity index (χ0n) is 26.8. The van der Waals surface area contributed by atoms with Crippen molar-refractivity contribution < 1.29 is 42.7 Å². The molecule has 9 rings (SSSR count). The van der Waals surface area contributed by atoms with Crippen molar-refractivity contribution in [2.24, 2.45) is 0 Å². The molecule has 0 bridgehead atoms. The molecule has 4 nitrogen and oxygen atoms in total. The molecule has 244 valence electrons. The predicted octanol–water partition coefficient (Wildman–Crippen LogP) is 1.01. The number of hydrogen-bond donors (Lipinski definition) is 0. The maximum atomic E-state index is 3.25. The molecule has 6 aliphatic carbocycles. The average Bonchev–Trinajstić information content (AvgIpc) is 3.34. The average molecular weight is 727 g/mol. The van der Waals surface area contributed by atoms with Crippen molar-refractivity contribution in [1.29, 1.82) is 0 Å². The number of benzene rings is 1. The van der Waals surface area contributed by atoms with Crippen molar-refractivity contribution in [3.05, 3.63) is 34.4 Å². The van der Waals surface area contributed by atoms with Crippen molar-refractivity contribution in [3.63, 3.8) is 0 Å². The van der Waals surface area contributed by atoms with Gasteiger partial charge < -0.3 is 24.8 Å². The Morgan fingerprint density at radius 2 is 0.795 bits per heavy atom. The van der Waals surface area contributed by atoms with Crippen molar-refractivity contribution in [3.8, 4) is 0 Å². The first-order valence-corrected chi connectivity index (χ1v) is 19.4. The summed E-state index contributed by atoms with van der Waals surface area (Å²) in [5.74, 6) is 0. The Hall–Kier alpha value is 0.133. The molecule has 7 heteroatoms. The standard InChI is InChI=1S/C37H54N4.2ClH.Ru/c1-5-13-29(14-6-1)38-23-24-39(30-15-7-2-8-16-30)36(38)27-28-21-22-33-35(34(28)36)37(33)40(31-17-9-3-10-18-31)25-26-41(37)32-19-11-4-12-20-32;;;/h21-22,29-32H,1-20,23-26H2;2*1H;/q;;;+2/p-2. The monoisotopic (exact) mass is 726 g/mol. The van der Waals surface area contributed by atoms with Gasteiger partial charge >= 0.3 is 266 Å². The molecular formula is C37H54Cl2N4Ru. The maximum absolute atomic E-state index is 3.25.